The molecule has 1 aliphatic rings. The second-order valence-electron chi connectivity index (χ2n) is 9.02. The van der Waals surface area contributed by atoms with Gasteiger partial charge in [0.1, 0.15) is 5.82 Å². The molecule has 8 heteroatoms. The molecule has 2 aromatic carbocycles. The van der Waals surface area contributed by atoms with Gasteiger partial charge in [-0.3, -0.25) is 8.98 Å². The van der Waals surface area contributed by atoms with E-state index in [0.717, 1.165) is 42.2 Å². The van der Waals surface area contributed by atoms with Gasteiger partial charge in [0.05, 0.1) is 19.3 Å². The molecule has 0 unspecified atom stereocenters. The van der Waals surface area contributed by atoms with E-state index >= 15 is 0 Å². The molecule has 1 atom stereocenters. The van der Waals surface area contributed by atoms with Crippen molar-refractivity contribution >= 4 is 27.6 Å². The van der Waals surface area contributed by atoms with E-state index in [4.69, 9.17) is 15.8 Å². The van der Waals surface area contributed by atoms with Gasteiger partial charge in [-0.15, -0.1) is 0 Å². The predicted molar refractivity (Wildman–Crippen MR) is 129 cm³/mol. The Hall–Kier alpha value is -1.96. The first kappa shape index (κ1) is 25.7. The molecular weight excluding hydrogens is 465 g/mol. The Bertz CT molecular complexity index is 1100. The summed E-state index contributed by atoms with van der Waals surface area (Å²) in [5.74, 6) is -0.685. The largest absolute Gasteiger partial charge is 0.342 e. The van der Waals surface area contributed by atoms with Gasteiger partial charge in [0.2, 0.25) is 5.91 Å². The van der Waals surface area contributed by atoms with Crippen molar-refractivity contribution in [2.45, 2.75) is 51.4 Å². The van der Waals surface area contributed by atoms with Crippen molar-refractivity contribution in [1.82, 2.24) is 4.90 Å². The van der Waals surface area contributed by atoms with Gasteiger partial charge in [-0.25, -0.2) is 4.39 Å². The number of nitrogens with zero attached hydrogens (tertiary/aromatic N) is 1. The molecule has 0 bridgehead atoms. The van der Waals surface area contributed by atoms with E-state index in [-0.39, 0.29) is 29.5 Å². The summed E-state index contributed by atoms with van der Waals surface area (Å²) in [6, 6.07) is 10.6. The highest BCUT2D eigenvalue weighted by Gasteiger charge is 2.38. The Morgan fingerprint density at radius 3 is 2.67 bits per heavy atom. The van der Waals surface area contributed by atoms with Crippen LogP contribution < -0.4 is 0 Å². The number of carbonyl (C=O) groups excluding carboxylic acids is 1. The van der Waals surface area contributed by atoms with Gasteiger partial charge in [-0.2, -0.15) is 8.42 Å². The van der Waals surface area contributed by atoms with Gasteiger partial charge in [-0.05, 0) is 56.4 Å². The van der Waals surface area contributed by atoms with E-state index in [0.29, 0.717) is 19.5 Å². The third kappa shape index (κ3) is 6.55. The molecule has 3 rings (SSSR count). The average Bonchev–Trinajstić information content (AvgIpc) is 2.95. The molecule has 0 radical (unpaired) electrons. The summed E-state index contributed by atoms with van der Waals surface area (Å²) in [5.41, 5.74) is 3.02. The highest BCUT2D eigenvalue weighted by molar-refractivity contribution is 7.85. The van der Waals surface area contributed by atoms with E-state index in [1.807, 2.05) is 19.9 Å². The standard InChI is InChI=1S/C25H31ClFNO4S/c1-18-9-10-19(2)21(15-18)25(12-14-32-33(3,30)31)11-4-5-13-28(17-25)24(29)16-20-22(26)7-6-8-23(20)27/h6-10,15H,4-5,11-14,16-17H2,1-3H3/t25-/m1/s1. The minimum absolute atomic E-state index is 0.0351. The number of aryl methyl sites for hydroxylation is 2. The summed E-state index contributed by atoms with van der Waals surface area (Å²) in [6.45, 7) is 5.06. The van der Waals surface area contributed by atoms with Crippen molar-refractivity contribution in [3.05, 3.63) is 69.5 Å². The van der Waals surface area contributed by atoms with Crippen LogP contribution in [0, 0.1) is 19.7 Å². The van der Waals surface area contributed by atoms with Gasteiger partial charge in [0, 0.05) is 29.1 Å². The molecule has 33 heavy (non-hydrogen) atoms. The molecule has 0 aromatic heterocycles. The van der Waals surface area contributed by atoms with Gasteiger partial charge >= 0.3 is 0 Å². The summed E-state index contributed by atoms with van der Waals surface area (Å²) < 4.78 is 42.7. The van der Waals surface area contributed by atoms with Crippen LogP contribution in [0.3, 0.4) is 0 Å². The van der Waals surface area contributed by atoms with Gasteiger partial charge < -0.3 is 4.90 Å². The Morgan fingerprint density at radius 2 is 1.97 bits per heavy atom. The Kier molecular flexibility index (Phi) is 8.19. The zero-order chi connectivity index (χ0) is 24.2. The maximum atomic E-state index is 14.3. The van der Waals surface area contributed by atoms with Crippen molar-refractivity contribution in [3.63, 3.8) is 0 Å². The summed E-state index contributed by atoms with van der Waals surface area (Å²) in [7, 11) is -3.58. The number of hydrogen-bond acceptors (Lipinski definition) is 4. The second kappa shape index (κ2) is 10.5. The number of carbonyl (C=O) groups is 1. The van der Waals surface area contributed by atoms with Crippen LogP contribution in [0.4, 0.5) is 4.39 Å². The van der Waals surface area contributed by atoms with E-state index in [1.54, 1.807) is 11.0 Å². The Morgan fingerprint density at radius 1 is 1.21 bits per heavy atom. The molecule has 180 valence electrons. The smallest absolute Gasteiger partial charge is 0.264 e. The first-order valence-electron chi connectivity index (χ1n) is 11.1. The van der Waals surface area contributed by atoms with Crippen molar-refractivity contribution in [2.24, 2.45) is 0 Å². The quantitative estimate of drug-likeness (QED) is 0.509. The highest BCUT2D eigenvalue weighted by Crippen LogP contribution is 2.39. The molecule has 0 aliphatic carbocycles. The monoisotopic (exact) mass is 495 g/mol. The van der Waals surface area contributed by atoms with Crippen molar-refractivity contribution in [3.8, 4) is 0 Å². The number of rotatable bonds is 7. The third-order valence-corrected chi connectivity index (χ3v) is 7.36. The SMILES string of the molecule is Cc1ccc(C)c([C@@]2(CCOS(C)(=O)=O)CCCCN(C(=O)Cc3c(F)cccc3Cl)C2)c1. The number of halogens is 2. The predicted octanol–water partition coefficient (Wildman–Crippen LogP) is 4.96. The summed E-state index contributed by atoms with van der Waals surface area (Å²) >= 11 is 6.16. The Labute approximate surface area is 201 Å². The summed E-state index contributed by atoms with van der Waals surface area (Å²) in [4.78, 5) is 15.1. The molecular formula is C25H31ClFNO4S. The molecule has 0 saturated carbocycles. The van der Waals surface area contributed by atoms with Crippen LogP contribution in [0.1, 0.15) is 47.9 Å². The van der Waals surface area contributed by atoms with E-state index in [9.17, 15) is 17.6 Å². The average molecular weight is 496 g/mol. The molecule has 1 heterocycles. The maximum Gasteiger partial charge on any atom is 0.264 e. The number of hydrogen-bond donors (Lipinski definition) is 0. The van der Waals surface area contributed by atoms with Gasteiger partial charge in [-0.1, -0.05) is 47.9 Å². The lowest BCUT2D eigenvalue weighted by Gasteiger charge is -2.38. The van der Waals surface area contributed by atoms with Crippen molar-refractivity contribution in [1.29, 1.82) is 0 Å². The van der Waals surface area contributed by atoms with Crippen LogP contribution in [0.25, 0.3) is 0 Å². The fourth-order valence-electron chi connectivity index (χ4n) is 4.72. The molecule has 5 nitrogen and oxygen atoms in total. The van der Waals surface area contributed by atoms with Crippen LogP contribution in [0.15, 0.2) is 36.4 Å². The van der Waals surface area contributed by atoms with Crippen LogP contribution in [-0.4, -0.2) is 45.2 Å². The molecule has 0 spiro atoms. The molecule has 1 fully saturated rings. The first-order chi connectivity index (χ1) is 15.5. The topological polar surface area (TPSA) is 63.7 Å². The van der Waals surface area contributed by atoms with E-state index in [1.165, 1.54) is 12.1 Å². The van der Waals surface area contributed by atoms with Crippen LogP contribution >= 0.6 is 11.6 Å². The minimum Gasteiger partial charge on any atom is -0.342 e. The second-order valence-corrected chi connectivity index (χ2v) is 11.1. The first-order valence-corrected chi connectivity index (χ1v) is 13.3. The summed E-state index contributed by atoms with van der Waals surface area (Å²) in [6.07, 6.45) is 3.88. The van der Waals surface area contributed by atoms with Crippen LogP contribution in [-0.2, 0) is 30.9 Å². The van der Waals surface area contributed by atoms with Gasteiger partial charge in [0.15, 0.2) is 0 Å². The summed E-state index contributed by atoms with van der Waals surface area (Å²) in [5, 5.41) is 0.237. The normalized spacial score (nSPS) is 19.4. The van der Waals surface area contributed by atoms with E-state index < -0.39 is 21.4 Å². The van der Waals surface area contributed by atoms with E-state index in [2.05, 4.69) is 12.1 Å². The van der Waals surface area contributed by atoms with Crippen LogP contribution in [0.2, 0.25) is 5.02 Å². The third-order valence-electron chi connectivity index (χ3n) is 6.41. The fourth-order valence-corrected chi connectivity index (χ4v) is 5.34. The zero-order valence-corrected chi connectivity index (χ0v) is 20.9. The lowest BCUT2D eigenvalue weighted by atomic mass is 9.72. The van der Waals surface area contributed by atoms with Crippen molar-refractivity contribution < 1.29 is 21.8 Å². The lowest BCUT2D eigenvalue weighted by Crippen LogP contribution is -2.44. The number of likely N-dealkylation sites (tertiary alicyclic amines) is 1. The Balaban J connectivity index is 1.94. The minimum atomic E-state index is -3.58. The molecule has 0 N–H and O–H groups in total. The highest BCUT2D eigenvalue weighted by atomic mass is 35.5. The fraction of sp³-hybridized carbons (Fsp3) is 0.480. The molecule has 1 amide bonds. The van der Waals surface area contributed by atoms with Crippen LogP contribution in [0.5, 0.6) is 0 Å². The molecule has 1 saturated heterocycles. The molecule has 1 aliphatic heterocycles. The number of amides is 1. The zero-order valence-electron chi connectivity index (χ0n) is 19.4. The van der Waals surface area contributed by atoms with Gasteiger partial charge in [0.25, 0.3) is 10.1 Å². The van der Waals surface area contributed by atoms with Crippen molar-refractivity contribution in [2.75, 3.05) is 26.0 Å². The molecule has 2 aromatic rings. The number of benzene rings is 2. The maximum absolute atomic E-state index is 14.3. The lowest BCUT2D eigenvalue weighted by molar-refractivity contribution is -0.131.